The number of carboxylic acids is 1. The monoisotopic (exact) mass is 288 g/mol. The molecule has 2 rings (SSSR count). The summed E-state index contributed by atoms with van der Waals surface area (Å²) in [5.74, 6) is -2.46. The topological polar surface area (TPSA) is 83.6 Å². The molecule has 0 aromatic heterocycles. The molecule has 1 aliphatic rings. The average Bonchev–Trinajstić information content (AvgIpc) is 2.70. The van der Waals surface area contributed by atoms with Gasteiger partial charge in [0.05, 0.1) is 22.9 Å². The van der Waals surface area contributed by atoms with E-state index in [0.29, 0.717) is 0 Å². The molecule has 1 saturated heterocycles. The predicted molar refractivity (Wildman–Crippen MR) is 64.0 cm³/mol. The van der Waals surface area contributed by atoms with Crippen LogP contribution in [0.2, 0.25) is 0 Å². The average molecular weight is 288 g/mol. The third-order valence-corrected chi connectivity index (χ3v) is 3.12. The van der Waals surface area contributed by atoms with Crippen molar-refractivity contribution in [1.82, 2.24) is 0 Å². The molecule has 1 aliphatic heterocycles. The van der Waals surface area contributed by atoms with Crippen LogP contribution in [-0.4, -0.2) is 23.5 Å². The predicted octanol–water partition coefficient (Wildman–Crippen LogP) is 1.73. The van der Waals surface area contributed by atoms with Crippen LogP contribution in [0.25, 0.3) is 0 Å². The van der Waals surface area contributed by atoms with Crippen LogP contribution in [0.15, 0.2) is 18.2 Å². The van der Waals surface area contributed by atoms with Crippen LogP contribution >= 0.6 is 0 Å². The molecule has 0 saturated carbocycles. The molecule has 1 heterocycles. The molecule has 1 amide bonds. The molecular formula is C12H11F3N2O3. The summed E-state index contributed by atoms with van der Waals surface area (Å²) in [6.45, 7) is -0.0935. The Morgan fingerprint density at radius 3 is 2.50 bits per heavy atom. The number of alkyl halides is 3. The zero-order chi connectivity index (χ0) is 15.1. The van der Waals surface area contributed by atoms with Crippen LogP contribution in [0.5, 0.6) is 0 Å². The van der Waals surface area contributed by atoms with E-state index in [2.05, 4.69) is 0 Å². The second-order valence-corrected chi connectivity index (χ2v) is 4.51. The van der Waals surface area contributed by atoms with Crippen molar-refractivity contribution in [2.24, 2.45) is 5.92 Å². The van der Waals surface area contributed by atoms with Crippen LogP contribution in [0.4, 0.5) is 24.5 Å². The number of amides is 1. The van der Waals surface area contributed by atoms with Crippen molar-refractivity contribution in [3.8, 4) is 0 Å². The van der Waals surface area contributed by atoms with Crippen molar-refractivity contribution in [2.45, 2.75) is 12.6 Å². The summed E-state index contributed by atoms with van der Waals surface area (Å²) in [5.41, 5.74) is 4.52. The second-order valence-electron chi connectivity index (χ2n) is 4.51. The second kappa shape index (κ2) is 4.69. The van der Waals surface area contributed by atoms with Gasteiger partial charge < -0.3 is 15.7 Å². The van der Waals surface area contributed by atoms with Crippen molar-refractivity contribution in [2.75, 3.05) is 17.2 Å². The molecule has 0 radical (unpaired) electrons. The fourth-order valence-corrected chi connectivity index (χ4v) is 2.08. The summed E-state index contributed by atoms with van der Waals surface area (Å²) in [6.07, 6.45) is -4.71. The molecule has 1 fully saturated rings. The van der Waals surface area contributed by atoms with Crippen molar-refractivity contribution >= 4 is 23.3 Å². The number of nitrogens with zero attached hydrogens (tertiary/aromatic N) is 1. The highest BCUT2D eigenvalue weighted by Crippen LogP contribution is 2.36. The van der Waals surface area contributed by atoms with Crippen molar-refractivity contribution in [3.05, 3.63) is 23.8 Å². The number of hydrogen-bond acceptors (Lipinski definition) is 3. The van der Waals surface area contributed by atoms with Gasteiger partial charge in [-0.25, -0.2) is 0 Å². The van der Waals surface area contributed by atoms with Crippen LogP contribution in [0.1, 0.15) is 12.0 Å². The van der Waals surface area contributed by atoms with E-state index in [-0.39, 0.29) is 24.3 Å². The number of carbonyl (C=O) groups excluding carboxylic acids is 1. The molecule has 8 heteroatoms. The minimum absolute atomic E-state index is 0.0935. The highest BCUT2D eigenvalue weighted by atomic mass is 19.4. The van der Waals surface area contributed by atoms with Gasteiger partial charge in [0.25, 0.3) is 0 Å². The summed E-state index contributed by atoms with van der Waals surface area (Å²) in [4.78, 5) is 23.6. The summed E-state index contributed by atoms with van der Waals surface area (Å²) in [6, 6.07) is 2.63. The first kappa shape index (κ1) is 14.2. The molecule has 108 valence electrons. The van der Waals surface area contributed by atoms with Crippen molar-refractivity contribution < 1.29 is 27.9 Å². The van der Waals surface area contributed by atoms with Gasteiger partial charge in [0, 0.05) is 13.0 Å². The quantitative estimate of drug-likeness (QED) is 0.812. The van der Waals surface area contributed by atoms with Gasteiger partial charge in [0.1, 0.15) is 0 Å². The number of carbonyl (C=O) groups is 2. The molecule has 1 atom stereocenters. The van der Waals surface area contributed by atoms with Gasteiger partial charge in [-0.05, 0) is 18.2 Å². The van der Waals surface area contributed by atoms with E-state index >= 15 is 0 Å². The fraction of sp³-hybridized carbons (Fsp3) is 0.333. The fourth-order valence-electron chi connectivity index (χ4n) is 2.08. The van der Waals surface area contributed by atoms with E-state index < -0.39 is 29.5 Å². The maximum atomic E-state index is 12.5. The van der Waals surface area contributed by atoms with Crippen molar-refractivity contribution in [1.29, 1.82) is 0 Å². The zero-order valence-corrected chi connectivity index (χ0v) is 10.1. The third-order valence-electron chi connectivity index (χ3n) is 3.12. The Morgan fingerprint density at radius 2 is 2.05 bits per heavy atom. The van der Waals surface area contributed by atoms with Gasteiger partial charge in [-0.15, -0.1) is 0 Å². The number of carboxylic acid groups (broad SMARTS) is 1. The SMILES string of the molecule is Nc1cc(C(F)(F)F)ccc1N1CC(C(=O)O)CC1=O. The lowest BCUT2D eigenvalue weighted by Crippen LogP contribution is -2.26. The lowest BCUT2D eigenvalue weighted by molar-refractivity contribution is -0.141. The van der Waals surface area contributed by atoms with Crippen molar-refractivity contribution in [3.63, 3.8) is 0 Å². The van der Waals surface area contributed by atoms with Gasteiger partial charge >= 0.3 is 12.1 Å². The first-order valence-electron chi connectivity index (χ1n) is 5.70. The van der Waals surface area contributed by atoms with E-state index in [1.54, 1.807) is 0 Å². The highest BCUT2D eigenvalue weighted by molar-refractivity contribution is 6.01. The summed E-state index contributed by atoms with van der Waals surface area (Å²) < 4.78 is 37.5. The molecule has 5 nitrogen and oxygen atoms in total. The molecule has 3 N–H and O–H groups in total. The van der Waals surface area contributed by atoms with E-state index in [0.717, 1.165) is 23.1 Å². The van der Waals surface area contributed by atoms with E-state index in [4.69, 9.17) is 10.8 Å². The number of rotatable bonds is 2. The van der Waals surface area contributed by atoms with E-state index in [9.17, 15) is 22.8 Å². The third kappa shape index (κ3) is 2.54. The summed E-state index contributed by atoms with van der Waals surface area (Å²) in [5, 5.41) is 8.86. The maximum absolute atomic E-state index is 12.5. The minimum atomic E-state index is -4.52. The first-order chi connectivity index (χ1) is 9.20. The van der Waals surface area contributed by atoms with Crippen LogP contribution in [0, 0.1) is 5.92 Å². The Labute approximate surface area is 111 Å². The van der Waals surface area contributed by atoms with Gasteiger partial charge in [0.2, 0.25) is 5.91 Å². The number of halogens is 3. The summed E-state index contributed by atoms with van der Waals surface area (Å²) in [7, 11) is 0. The Balaban J connectivity index is 2.31. The van der Waals surface area contributed by atoms with E-state index in [1.165, 1.54) is 0 Å². The highest BCUT2D eigenvalue weighted by Gasteiger charge is 2.37. The summed E-state index contributed by atoms with van der Waals surface area (Å²) >= 11 is 0. The number of benzene rings is 1. The van der Waals surface area contributed by atoms with Gasteiger partial charge in [0.15, 0.2) is 0 Å². The molecular weight excluding hydrogens is 277 g/mol. The Morgan fingerprint density at radius 1 is 1.40 bits per heavy atom. The van der Waals surface area contributed by atoms with Gasteiger partial charge in [-0.2, -0.15) is 13.2 Å². The van der Waals surface area contributed by atoms with Gasteiger partial charge in [-0.1, -0.05) is 0 Å². The largest absolute Gasteiger partial charge is 0.481 e. The standard InChI is InChI=1S/C12H11F3N2O3/c13-12(14,15)7-1-2-9(8(16)4-7)17-5-6(11(19)20)3-10(17)18/h1-2,4,6H,3,5,16H2,(H,19,20). The van der Waals surface area contributed by atoms with E-state index in [1.807, 2.05) is 0 Å². The Hall–Kier alpha value is -2.25. The lowest BCUT2D eigenvalue weighted by Gasteiger charge is -2.19. The number of nitrogen functional groups attached to an aromatic ring is 1. The number of hydrogen-bond donors (Lipinski definition) is 2. The number of anilines is 2. The normalized spacial score (nSPS) is 19.4. The molecule has 1 aromatic carbocycles. The molecule has 0 bridgehead atoms. The molecule has 1 unspecified atom stereocenters. The first-order valence-corrected chi connectivity index (χ1v) is 5.70. The van der Waals surface area contributed by atoms with Crippen LogP contribution in [0.3, 0.4) is 0 Å². The smallest absolute Gasteiger partial charge is 0.416 e. The van der Waals surface area contributed by atoms with Crippen LogP contribution in [-0.2, 0) is 15.8 Å². The van der Waals surface area contributed by atoms with Gasteiger partial charge in [-0.3, -0.25) is 9.59 Å². The lowest BCUT2D eigenvalue weighted by atomic mass is 10.1. The number of nitrogens with two attached hydrogens (primary N) is 1. The minimum Gasteiger partial charge on any atom is -0.481 e. The number of aliphatic carboxylic acids is 1. The molecule has 0 spiro atoms. The van der Waals surface area contributed by atoms with Crippen LogP contribution < -0.4 is 10.6 Å². The Kier molecular flexibility index (Phi) is 3.33. The zero-order valence-electron chi connectivity index (χ0n) is 10.1. The maximum Gasteiger partial charge on any atom is 0.416 e. The molecule has 20 heavy (non-hydrogen) atoms. The molecule has 0 aliphatic carbocycles. The Bertz CT molecular complexity index is 572. The molecule has 1 aromatic rings.